The molecule has 2 rings (SSSR count). The number of halogens is 1. The maximum atomic E-state index is 12.3. The molecule has 0 aromatic heterocycles. The summed E-state index contributed by atoms with van der Waals surface area (Å²) in [4.78, 5) is 23.1. The number of hydrogen-bond acceptors (Lipinski definition) is 3. The smallest absolute Gasteiger partial charge is 0.409 e. The lowest BCUT2D eigenvalue weighted by Gasteiger charge is -2.11. The molecule has 0 saturated carbocycles. The lowest BCUT2D eigenvalue weighted by atomic mass is 10.2. The second kappa shape index (κ2) is 8.93. The molecular weight excluding hydrogens is 376 g/mol. The lowest BCUT2D eigenvalue weighted by molar-refractivity contribution is 0.102. The van der Waals surface area contributed by atoms with E-state index in [0.717, 1.165) is 11.8 Å². The molecule has 0 heterocycles. The van der Waals surface area contributed by atoms with Gasteiger partial charge in [0, 0.05) is 10.9 Å². The number of anilines is 2. The number of alkyl halides is 1. The van der Waals surface area contributed by atoms with E-state index in [1.807, 2.05) is 0 Å². The molecule has 0 saturated heterocycles. The molecule has 0 aliphatic heterocycles. The van der Waals surface area contributed by atoms with Crippen LogP contribution in [0.2, 0.25) is 0 Å². The number of carboxylic acid groups (broad SMARTS) is 1. The largest absolute Gasteiger partial charge is 0.494 e. The molecule has 0 radical (unpaired) electrons. The van der Waals surface area contributed by atoms with Crippen molar-refractivity contribution >= 4 is 39.3 Å². The average Bonchev–Trinajstić information content (AvgIpc) is 2.57. The SMILES string of the molecule is O=C(O)Nc1ccccc1NC(=O)c1ccc(OCCCBr)cc1. The first-order valence-electron chi connectivity index (χ1n) is 7.29. The number of para-hydroxylation sites is 2. The van der Waals surface area contributed by atoms with E-state index in [9.17, 15) is 9.59 Å². The predicted octanol–water partition coefficient (Wildman–Crippen LogP) is 4.19. The molecule has 3 N–H and O–H groups in total. The van der Waals surface area contributed by atoms with Gasteiger partial charge in [0.15, 0.2) is 0 Å². The molecule has 2 aromatic carbocycles. The van der Waals surface area contributed by atoms with E-state index in [4.69, 9.17) is 9.84 Å². The highest BCUT2D eigenvalue weighted by Crippen LogP contribution is 2.22. The van der Waals surface area contributed by atoms with E-state index >= 15 is 0 Å². The fourth-order valence-corrected chi connectivity index (χ4v) is 2.19. The summed E-state index contributed by atoms with van der Waals surface area (Å²) in [6, 6.07) is 13.4. The van der Waals surface area contributed by atoms with Gasteiger partial charge in [-0.05, 0) is 42.8 Å². The van der Waals surface area contributed by atoms with Crippen molar-refractivity contribution in [1.29, 1.82) is 0 Å². The molecule has 126 valence electrons. The number of carbonyl (C=O) groups is 2. The van der Waals surface area contributed by atoms with Gasteiger partial charge in [-0.2, -0.15) is 0 Å². The van der Waals surface area contributed by atoms with Crippen molar-refractivity contribution in [3.8, 4) is 5.75 Å². The first-order chi connectivity index (χ1) is 11.6. The summed E-state index contributed by atoms with van der Waals surface area (Å²) >= 11 is 3.33. The van der Waals surface area contributed by atoms with E-state index in [0.29, 0.717) is 29.3 Å². The van der Waals surface area contributed by atoms with Crippen LogP contribution in [0, 0.1) is 0 Å². The van der Waals surface area contributed by atoms with E-state index in [1.54, 1.807) is 48.5 Å². The first-order valence-corrected chi connectivity index (χ1v) is 8.41. The minimum Gasteiger partial charge on any atom is -0.494 e. The molecule has 0 unspecified atom stereocenters. The Morgan fingerprint density at radius 3 is 2.21 bits per heavy atom. The number of carbonyl (C=O) groups excluding carboxylic acids is 1. The molecule has 7 heteroatoms. The van der Waals surface area contributed by atoms with Crippen molar-refractivity contribution < 1.29 is 19.4 Å². The maximum Gasteiger partial charge on any atom is 0.409 e. The zero-order chi connectivity index (χ0) is 17.4. The van der Waals surface area contributed by atoms with Crippen molar-refractivity contribution in [1.82, 2.24) is 0 Å². The van der Waals surface area contributed by atoms with Crippen LogP contribution in [0.1, 0.15) is 16.8 Å². The van der Waals surface area contributed by atoms with Crippen LogP contribution in [-0.4, -0.2) is 29.0 Å². The van der Waals surface area contributed by atoms with Crippen LogP contribution in [0.4, 0.5) is 16.2 Å². The molecule has 0 aliphatic rings. The first kappa shape index (κ1) is 17.8. The lowest BCUT2D eigenvalue weighted by Crippen LogP contribution is -2.15. The summed E-state index contributed by atoms with van der Waals surface area (Å²) in [6.07, 6.45) is -0.294. The van der Waals surface area contributed by atoms with Gasteiger partial charge in [-0.1, -0.05) is 28.1 Å². The van der Waals surface area contributed by atoms with Crippen molar-refractivity contribution in [3.63, 3.8) is 0 Å². The Labute approximate surface area is 148 Å². The van der Waals surface area contributed by atoms with Crippen LogP contribution in [0.3, 0.4) is 0 Å². The highest BCUT2D eigenvalue weighted by molar-refractivity contribution is 9.09. The summed E-state index contributed by atoms with van der Waals surface area (Å²) in [5, 5.41) is 14.6. The van der Waals surface area contributed by atoms with E-state index < -0.39 is 6.09 Å². The number of rotatable bonds is 7. The van der Waals surface area contributed by atoms with Gasteiger partial charge < -0.3 is 15.2 Å². The quantitative estimate of drug-likeness (QED) is 0.486. The molecule has 2 amide bonds. The molecule has 0 fully saturated rings. The summed E-state index contributed by atoms with van der Waals surface area (Å²) in [5.41, 5.74) is 1.16. The second-order valence-corrected chi connectivity index (χ2v) is 5.64. The molecule has 24 heavy (non-hydrogen) atoms. The van der Waals surface area contributed by atoms with Crippen LogP contribution in [0.25, 0.3) is 0 Å². The van der Waals surface area contributed by atoms with Crippen molar-refractivity contribution in [2.75, 3.05) is 22.6 Å². The van der Waals surface area contributed by atoms with Gasteiger partial charge in [-0.15, -0.1) is 0 Å². The topological polar surface area (TPSA) is 87.7 Å². The molecule has 0 aliphatic carbocycles. The van der Waals surface area contributed by atoms with Crippen molar-refractivity contribution in [2.45, 2.75) is 6.42 Å². The van der Waals surface area contributed by atoms with Gasteiger partial charge >= 0.3 is 6.09 Å². The zero-order valence-corrected chi connectivity index (χ0v) is 14.4. The number of nitrogens with one attached hydrogen (secondary N) is 2. The van der Waals surface area contributed by atoms with Gasteiger partial charge in [0.05, 0.1) is 18.0 Å². The second-order valence-electron chi connectivity index (χ2n) is 4.85. The third kappa shape index (κ3) is 5.27. The van der Waals surface area contributed by atoms with E-state index in [1.165, 1.54) is 0 Å². The number of benzene rings is 2. The van der Waals surface area contributed by atoms with Gasteiger partial charge in [0.25, 0.3) is 5.91 Å². The monoisotopic (exact) mass is 392 g/mol. The van der Waals surface area contributed by atoms with Crippen LogP contribution in [0.15, 0.2) is 48.5 Å². The van der Waals surface area contributed by atoms with Gasteiger partial charge in [-0.3, -0.25) is 10.1 Å². The molecular formula is C17H17BrN2O4. The van der Waals surface area contributed by atoms with Crippen LogP contribution in [0.5, 0.6) is 5.75 Å². The van der Waals surface area contributed by atoms with Crippen LogP contribution >= 0.6 is 15.9 Å². The van der Waals surface area contributed by atoms with Crippen molar-refractivity contribution in [3.05, 3.63) is 54.1 Å². The number of hydrogen-bond donors (Lipinski definition) is 3. The summed E-state index contributed by atoms with van der Waals surface area (Å²) in [7, 11) is 0. The molecule has 0 bridgehead atoms. The van der Waals surface area contributed by atoms with Gasteiger partial charge in [0.1, 0.15) is 5.75 Å². The fraction of sp³-hybridized carbons (Fsp3) is 0.176. The molecule has 6 nitrogen and oxygen atoms in total. The Balaban J connectivity index is 2.03. The Morgan fingerprint density at radius 1 is 1.00 bits per heavy atom. The Morgan fingerprint density at radius 2 is 1.62 bits per heavy atom. The average molecular weight is 393 g/mol. The van der Waals surface area contributed by atoms with Crippen LogP contribution < -0.4 is 15.4 Å². The predicted molar refractivity (Wildman–Crippen MR) is 96.4 cm³/mol. The number of ether oxygens (including phenoxy) is 1. The molecule has 0 atom stereocenters. The van der Waals surface area contributed by atoms with E-state index in [-0.39, 0.29) is 5.91 Å². The normalized spacial score (nSPS) is 10.0. The summed E-state index contributed by atoms with van der Waals surface area (Å²) < 4.78 is 5.53. The summed E-state index contributed by atoms with van der Waals surface area (Å²) in [5.74, 6) is 0.363. The highest BCUT2D eigenvalue weighted by Gasteiger charge is 2.10. The number of amides is 2. The van der Waals surface area contributed by atoms with Crippen molar-refractivity contribution in [2.24, 2.45) is 0 Å². The van der Waals surface area contributed by atoms with Crippen LogP contribution in [-0.2, 0) is 0 Å². The third-order valence-corrected chi connectivity index (χ3v) is 3.64. The van der Waals surface area contributed by atoms with Gasteiger partial charge in [0.2, 0.25) is 0 Å². The summed E-state index contributed by atoms with van der Waals surface area (Å²) in [6.45, 7) is 0.602. The standard InChI is InChI=1S/C17H17BrN2O4/c18-10-3-11-24-13-8-6-12(7-9-13)16(21)19-14-4-1-2-5-15(14)20-17(22)23/h1-2,4-9,20H,3,10-11H2,(H,19,21)(H,22,23). The van der Waals surface area contributed by atoms with Gasteiger partial charge in [-0.25, -0.2) is 4.79 Å². The Hall–Kier alpha value is -2.54. The molecule has 2 aromatic rings. The zero-order valence-electron chi connectivity index (χ0n) is 12.8. The third-order valence-electron chi connectivity index (χ3n) is 3.08. The maximum absolute atomic E-state index is 12.3. The minimum atomic E-state index is -1.19. The minimum absolute atomic E-state index is 0.313. The highest BCUT2D eigenvalue weighted by atomic mass is 79.9. The Bertz CT molecular complexity index is 704. The Kier molecular flexibility index (Phi) is 6.62. The molecule has 0 spiro atoms. The van der Waals surface area contributed by atoms with E-state index in [2.05, 4.69) is 26.6 Å². The fourth-order valence-electron chi connectivity index (χ4n) is 1.96.